The lowest BCUT2D eigenvalue weighted by molar-refractivity contribution is 0.0724. The van der Waals surface area contributed by atoms with Crippen LogP contribution in [0.25, 0.3) is 11.1 Å². The van der Waals surface area contributed by atoms with Crippen LogP contribution in [-0.4, -0.2) is 26.0 Å². The zero-order valence-corrected chi connectivity index (χ0v) is 12.7. The quantitative estimate of drug-likeness (QED) is 0.878. The standard InChI is InChI=1S/C18H19NO3/c1-12(21-2)19-18(20)22-11-17-15-9-5-3-7-13(15)14-8-4-6-10-16(14)17/h3-10,12,17H,11H2,1-2H3,(H,19,20). The van der Waals surface area contributed by atoms with E-state index in [0.29, 0.717) is 6.61 Å². The number of ether oxygens (including phenoxy) is 2. The smallest absolute Gasteiger partial charge is 0.409 e. The molecule has 0 fully saturated rings. The lowest BCUT2D eigenvalue weighted by atomic mass is 9.98. The van der Waals surface area contributed by atoms with Gasteiger partial charge >= 0.3 is 6.09 Å². The van der Waals surface area contributed by atoms with E-state index < -0.39 is 6.09 Å². The van der Waals surface area contributed by atoms with E-state index in [2.05, 4.69) is 29.6 Å². The highest BCUT2D eigenvalue weighted by atomic mass is 16.6. The van der Waals surface area contributed by atoms with Gasteiger partial charge in [0.05, 0.1) is 0 Å². The molecule has 3 rings (SSSR count). The SMILES string of the molecule is COC(C)NC(=O)OCC1c2ccccc2-c2ccccc21. The first kappa shape index (κ1) is 14.6. The van der Waals surface area contributed by atoms with Gasteiger partial charge in [-0.1, -0.05) is 48.5 Å². The zero-order chi connectivity index (χ0) is 15.5. The minimum absolute atomic E-state index is 0.0796. The minimum Gasteiger partial charge on any atom is -0.448 e. The van der Waals surface area contributed by atoms with Crippen LogP contribution in [0.1, 0.15) is 24.0 Å². The van der Waals surface area contributed by atoms with Crippen molar-refractivity contribution >= 4 is 6.09 Å². The highest BCUT2D eigenvalue weighted by Gasteiger charge is 2.29. The molecular weight excluding hydrogens is 278 g/mol. The normalized spacial score (nSPS) is 14.1. The van der Waals surface area contributed by atoms with Crippen molar-refractivity contribution in [2.24, 2.45) is 0 Å². The molecule has 0 spiro atoms. The van der Waals surface area contributed by atoms with Crippen molar-refractivity contribution in [2.45, 2.75) is 19.1 Å². The molecule has 4 nitrogen and oxygen atoms in total. The van der Waals surface area contributed by atoms with Crippen molar-refractivity contribution in [3.8, 4) is 11.1 Å². The van der Waals surface area contributed by atoms with Gasteiger partial charge in [0.25, 0.3) is 0 Å². The van der Waals surface area contributed by atoms with Gasteiger partial charge in [-0.2, -0.15) is 0 Å². The van der Waals surface area contributed by atoms with Gasteiger partial charge in [0.2, 0.25) is 0 Å². The van der Waals surface area contributed by atoms with Crippen LogP contribution in [-0.2, 0) is 9.47 Å². The topological polar surface area (TPSA) is 47.6 Å². The molecule has 1 amide bonds. The van der Waals surface area contributed by atoms with E-state index in [1.54, 1.807) is 6.92 Å². The third-order valence-electron chi connectivity index (χ3n) is 4.02. The number of methoxy groups -OCH3 is 1. The number of alkyl carbamates (subject to hydrolysis) is 1. The van der Waals surface area contributed by atoms with Crippen molar-refractivity contribution < 1.29 is 14.3 Å². The molecule has 114 valence electrons. The Morgan fingerprint density at radius 2 is 1.64 bits per heavy atom. The molecule has 0 bridgehead atoms. The van der Waals surface area contributed by atoms with Crippen LogP contribution in [0.4, 0.5) is 4.79 Å². The summed E-state index contributed by atoms with van der Waals surface area (Å²) in [6, 6.07) is 16.5. The van der Waals surface area contributed by atoms with E-state index in [9.17, 15) is 4.79 Å². The molecular formula is C18H19NO3. The summed E-state index contributed by atoms with van der Waals surface area (Å²) < 4.78 is 10.4. The first-order valence-corrected chi connectivity index (χ1v) is 7.35. The Morgan fingerprint density at radius 1 is 1.09 bits per heavy atom. The average Bonchev–Trinajstić information content (AvgIpc) is 2.87. The number of fused-ring (bicyclic) bond motifs is 3. The van der Waals surface area contributed by atoms with Crippen LogP contribution in [0, 0.1) is 0 Å². The van der Waals surface area contributed by atoms with Crippen LogP contribution >= 0.6 is 0 Å². The Bertz CT molecular complexity index is 638. The summed E-state index contributed by atoms with van der Waals surface area (Å²) in [6.07, 6.45) is -0.827. The highest BCUT2D eigenvalue weighted by molar-refractivity contribution is 5.79. The molecule has 1 aliphatic carbocycles. The predicted molar refractivity (Wildman–Crippen MR) is 84.7 cm³/mol. The van der Waals surface area contributed by atoms with E-state index in [-0.39, 0.29) is 12.1 Å². The fraction of sp³-hybridized carbons (Fsp3) is 0.278. The molecule has 0 aromatic heterocycles. The van der Waals surface area contributed by atoms with E-state index in [4.69, 9.17) is 9.47 Å². The second-order valence-corrected chi connectivity index (χ2v) is 5.35. The number of carbonyl (C=O) groups is 1. The maximum atomic E-state index is 11.8. The molecule has 2 aromatic carbocycles. The molecule has 1 N–H and O–H groups in total. The third kappa shape index (κ3) is 2.70. The minimum atomic E-state index is -0.462. The molecule has 22 heavy (non-hydrogen) atoms. The first-order chi connectivity index (χ1) is 10.7. The molecule has 0 saturated heterocycles. The van der Waals surface area contributed by atoms with Crippen molar-refractivity contribution in [2.75, 3.05) is 13.7 Å². The number of hydrogen-bond donors (Lipinski definition) is 1. The number of hydrogen-bond acceptors (Lipinski definition) is 3. The molecule has 1 aliphatic rings. The summed E-state index contributed by atoms with van der Waals surface area (Å²) >= 11 is 0. The Balaban J connectivity index is 1.78. The molecule has 4 heteroatoms. The van der Waals surface area contributed by atoms with Crippen molar-refractivity contribution in [3.05, 3.63) is 59.7 Å². The second kappa shape index (κ2) is 6.20. The summed E-state index contributed by atoms with van der Waals surface area (Å²) in [5.41, 5.74) is 4.85. The number of carbonyl (C=O) groups excluding carboxylic acids is 1. The highest BCUT2D eigenvalue weighted by Crippen LogP contribution is 2.44. The van der Waals surface area contributed by atoms with E-state index in [1.807, 2.05) is 24.3 Å². The van der Waals surface area contributed by atoms with Gasteiger partial charge < -0.3 is 9.47 Å². The monoisotopic (exact) mass is 297 g/mol. The van der Waals surface area contributed by atoms with Gasteiger partial charge in [-0.05, 0) is 29.2 Å². The van der Waals surface area contributed by atoms with Gasteiger partial charge in [-0.3, -0.25) is 5.32 Å². The lowest BCUT2D eigenvalue weighted by Gasteiger charge is -2.16. The molecule has 1 unspecified atom stereocenters. The number of nitrogens with one attached hydrogen (secondary N) is 1. The van der Waals surface area contributed by atoms with Crippen molar-refractivity contribution in [1.82, 2.24) is 5.32 Å². The van der Waals surface area contributed by atoms with E-state index in [0.717, 1.165) is 0 Å². The molecule has 0 aliphatic heterocycles. The van der Waals surface area contributed by atoms with Gasteiger partial charge in [-0.25, -0.2) is 4.79 Å². The third-order valence-corrected chi connectivity index (χ3v) is 4.02. The van der Waals surface area contributed by atoms with E-state index >= 15 is 0 Å². The van der Waals surface area contributed by atoms with E-state index in [1.165, 1.54) is 29.4 Å². The second-order valence-electron chi connectivity index (χ2n) is 5.35. The molecule has 1 atom stereocenters. The summed E-state index contributed by atoms with van der Waals surface area (Å²) in [4.78, 5) is 11.8. The largest absolute Gasteiger partial charge is 0.448 e. The Morgan fingerprint density at radius 3 is 2.18 bits per heavy atom. The van der Waals surface area contributed by atoms with Crippen molar-refractivity contribution in [3.63, 3.8) is 0 Å². The molecule has 0 radical (unpaired) electrons. The van der Waals surface area contributed by atoms with Gasteiger partial charge in [0, 0.05) is 13.0 Å². The van der Waals surface area contributed by atoms with Crippen LogP contribution in [0.15, 0.2) is 48.5 Å². The number of benzene rings is 2. The summed E-state index contributed by atoms with van der Waals surface area (Å²) in [7, 11) is 1.54. The number of amides is 1. The molecule has 2 aromatic rings. The van der Waals surface area contributed by atoms with Crippen LogP contribution < -0.4 is 5.32 Å². The maximum absolute atomic E-state index is 11.8. The Kier molecular flexibility index (Phi) is 4.11. The zero-order valence-electron chi connectivity index (χ0n) is 12.7. The first-order valence-electron chi connectivity index (χ1n) is 7.35. The molecule has 0 heterocycles. The summed E-state index contributed by atoms with van der Waals surface area (Å²) in [6.45, 7) is 2.07. The fourth-order valence-electron chi connectivity index (χ4n) is 2.86. The van der Waals surface area contributed by atoms with Crippen molar-refractivity contribution in [1.29, 1.82) is 0 Å². The average molecular weight is 297 g/mol. The maximum Gasteiger partial charge on any atom is 0.409 e. The van der Waals surface area contributed by atoms with Crippen LogP contribution in [0.2, 0.25) is 0 Å². The fourth-order valence-corrected chi connectivity index (χ4v) is 2.86. The van der Waals surface area contributed by atoms with Crippen LogP contribution in [0.5, 0.6) is 0 Å². The predicted octanol–water partition coefficient (Wildman–Crippen LogP) is 3.52. The summed E-state index contributed by atoms with van der Waals surface area (Å²) in [5, 5.41) is 2.62. The Labute approximate surface area is 130 Å². The van der Waals surface area contributed by atoms with Gasteiger partial charge in [-0.15, -0.1) is 0 Å². The number of rotatable bonds is 4. The van der Waals surface area contributed by atoms with Crippen LogP contribution in [0.3, 0.4) is 0 Å². The Hall–Kier alpha value is -2.33. The molecule has 0 saturated carbocycles. The van der Waals surface area contributed by atoms with Gasteiger partial charge in [0.15, 0.2) is 0 Å². The van der Waals surface area contributed by atoms with Gasteiger partial charge in [0.1, 0.15) is 12.8 Å². The lowest BCUT2D eigenvalue weighted by Crippen LogP contribution is -2.34. The summed E-state index contributed by atoms with van der Waals surface area (Å²) in [5.74, 6) is 0.0796.